The molecule has 0 bridgehead atoms. The molecule has 0 unspecified atom stereocenters. The van der Waals surface area contributed by atoms with Gasteiger partial charge in [-0.1, -0.05) is 6.07 Å². The zero-order valence-electron chi connectivity index (χ0n) is 12.2. The largest absolute Gasteiger partial charge is 0.307 e. The average molecular weight is 301 g/mol. The van der Waals surface area contributed by atoms with E-state index < -0.39 is 0 Å². The van der Waals surface area contributed by atoms with Gasteiger partial charge in [0.25, 0.3) is 0 Å². The lowest BCUT2D eigenvalue weighted by molar-refractivity contribution is 0.726. The van der Waals surface area contributed by atoms with E-state index >= 15 is 0 Å². The van der Waals surface area contributed by atoms with Crippen LogP contribution < -0.4 is 0 Å². The SMILES string of the molecule is Cc1ccc2nc(CCCl)n(Cc3ncccc3C)c2n1. The topological polar surface area (TPSA) is 43.6 Å². The first-order valence-corrected chi connectivity index (χ1v) is 7.51. The second-order valence-corrected chi connectivity index (χ2v) is 5.49. The van der Waals surface area contributed by atoms with Crippen LogP contribution in [-0.2, 0) is 13.0 Å². The van der Waals surface area contributed by atoms with E-state index in [1.165, 1.54) is 5.56 Å². The van der Waals surface area contributed by atoms with Crippen LogP contribution in [-0.4, -0.2) is 25.4 Å². The third kappa shape index (κ3) is 2.76. The fraction of sp³-hybridized carbons (Fsp3) is 0.312. The van der Waals surface area contributed by atoms with Crippen LogP contribution >= 0.6 is 11.6 Å². The van der Waals surface area contributed by atoms with E-state index in [1.807, 2.05) is 31.3 Å². The van der Waals surface area contributed by atoms with Crippen LogP contribution in [0.4, 0.5) is 0 Å². The van der Waals surface area contributed by atoms with Gasteiger partial charge in [-0.05, 0) is 37.6 Å². The van der Waals surface area contributed by atoms with Crippen molar-refractivity contribution in [3.63, 3.8) is 0 Å². The maximum atomic E-state index is 5.91. The molecule has 0 atom stereocenters. The number of hydrogen-bond acceptors (Lipinski definition) is 3. The lowest BCUT2D eigenvalue weighted by Gasteiger charge is -2.09. The van der Waals surface area contributed by atoms with Gasteiger partial charge >= 0.3 is 0 Å². The Morgan fingerprint density at radius 2 is 2.00 bits per heavy atom. The van der Waals surface area contributed by atoms with Gasteiger partial charge in [-0.15, -0.1) is 11.6 Å². The zero-order valence-corrected chi connectivity index (χ0v) is 12.9. The molecule has 0 spiro atoms. The molecule has 0 aromatic carbocycles. The fourth-order valence-electron chi connectivity index (χ4n) is 2.42. The van der Waals surface area contributed by atoms with Crippen LogP contribution in [0.25, 0.3) is 11.2 Å². The number of hydrogen-bond donors (Lipinski definition) is 0. The number of fused-ring (bicyclic) bond motifs is 1. The summed E-state index contributed by atoms with van der Waals surface area (Å²) in [5.74, 6) is 1.51. The van der Waals surface area contributed by atoms with Crippen LogP contribution in [0.1, 0.15) is 22.8 Å². The van der Waals surface area contributed by atoms with Crippen molar-refractivity contribution in [3.8, 4) is 0 Å². The summed E-state index contributed by atoms with van der Waals surface area (Å²) in [6.45, 7) is 4.73. The van der Waals surface area contributed by atoms with E-state index in [0.29, 0.717) is 12.4 Å². The molecule has 3 rings (SSSR count). The lowest BCUT2D eigenvalue weighted by Crippen LogP contribution is -2.09. The molecule has 0 radical (unpaired) electrons. The van der Waals surface area contributed by atoms with Crippen LogP contribution in [0.15, 0.2) is 30.5 Å². The molecule has 3 aromatic heterocycles. The van der Waals surface area contributed by atoms with E-state index in [-0.39, 0.29) is 0 Å². The molecule has 0 aliphatic heterocycles. The Morgan fingerprint density at radius 1 is 1.14 bits per heavy atom. The molecule has 3 aromatic rings. The summed E-state index contributed by atoms with van der Waals surface area (Å²) in [7, 11) is 0. The van der Waals surface area contributed by atoms with Crippen molar-refractivity contribution < 1.29 is 0 Å². The first kappa shape index (κ1) is 14.0. The van der Waals surface area contributed by atoms with E-state index in [2.05, 4.69) is 32.5 Å². The Bertz CT molecular complexity index is 779. The number of pyridine rings is 2. The lowest BCUT2D eigenvalue weighted by atomic mass is 10.2. The van der Waals surface area contributed by atoms with Gasteiger partial charge in [0.2, 0.25) is 0 Å². The molecule has 0 saturated carbocycles. The molecule has 0 amide bonds. The highest BCUT2D eigenvalue weighted by atomic mass is 35.5. The minimum atomic E-state index is 0.545. The van der Waals surface area contributed by atoms with Crippen LogP contribution in [0.3, 0.4) is 0 Å². The number of rotatable bonds is 4. The highest BCUT2D eigenvalue weighted by Gasteiger charge is 2.13. The van der Waals surface area contributed by atoms with Gasteiger partial charge < -0.3 is 4.57 Å². The van der Waals surface area contributed by atoms with Crippen molar-refractivity contribution in [2.24, 2.45) is 0 Å². The Labute approximate surface area is 128 Å². The van der Waals surface area contributed by atoms with E-state index in [9.17, 15) is 0 Å². The van der Waals surface area contributed by atoms with Gasteiger partial charge in [-0.2, -0.15) is 0 Å². The van der Waals surface area contributed by atoms with E-state index in [1.54, 1.807) is 0 Å². The highest BCUT2D eigenvalue weighted by Crippen LogP contribution is 2.18. The second kappa shape index (κ2) is 5.82. The summed E-state index contributed by atoms with van der Waals surface area (Å²) in [5, 5.41) is 0. The summed E-state index contributed by atoms with van der Waals surface area (Å²) in [6.07, 6.45) is 2.55. The summed E-state index contributed by atoms with van der Waals surface area (Å²) in [4.78, 5) is 13.8. The van der Waals surface area contributed by atoms with Crippen LogP contribution in [0, 0.1) is 13.8 Å². The second-order valence-electron chi connectivity index (χ2n) is 5.12. The number of nitrogens with zero attached hydrogens (tertiary/aromatic N) is 4. The number of imidazole rings is 1. The monoisotopic (exact) mass is 300 g/mol. The third-order valence-electron chi connectivity index (χ3n) is 3.55. The van der Waals surface area contributed by atoms with Crippen molar-refractivity contribution in [3.05, 3.63) is 53.2 Å². The molecule has 108 valence electrons. The van der Waals surface area contributed by atoms with Crippen molar-refractivity contribution in [1.82, 2.24) is 19.5 Å². The highest BCUT2D eigenvalue weighted by molar-refractivity contribution is 6.17. The Morgan fingerprint density at radius 3 is 2.76 bits per heavy atom. The first-order chi connectivity index (χ1) is 10.2. The molecule has 0 N–H and O–H groups in total. The number of alkyl halides is 1. The van der Waals surface area contributed by atoms with Crippen molar-refractivity contribution in [1.29, 1.82) is 0 Å². The van der Waals surface area contributed by atoms with Crippen molar-refractivity contribution in [2.45, 2.75) is 26.8 Å². The quantitative estimate of drug-likeness (QED) is 0.695. The number of aryl methyl sites for hydroxylation is 3. The third-order valence-corrected chi connectivity index (χ3v) is 3.74. The predicted octanol–water partition coefficient (Wildman–Crippen LogP) is 3.27. The van der Waals surface area contributed by atoms with Gasteiger partial charge in [-0.25, -0.2) is 9.97 Å². The van der Waals surface area contributed by atoms with Gasteiger partial charge in [0, 0.05) is 24.2 Å². The Kier molecular flexibility index (Phi) is 3.88. The zero-order chi connectivity index (χ0) is 14.8. The average Bonchev–Trinajstić information content (AvgIpc) is 2.79. The molecule has 0 aliphatic carbocycles. The summed E-state index contributed by atoms with van der Waals surface area (Å²) in [6, 6.07) is 8.02. The van der Waals surface area contributed by atoms with E-state index in [0.717, 1.165) is 34.8 Å². The normalized spacial score (nSPS) is 11.2. The molecule has 4 nitrogen and oxygen atoms in total. The first-order valence-electron chi connectivity index (χ1n) is 6.98. The molecule has 0 fully saturated rings. The Balaban J connectivity index is 2.12. The summed E-state index contributed by atoms with van der Waals surface area (Å²) < 4.78 is 2.13. The van der Waals surface area contributed by atoms with Crippen molar-refractivity contribution >= 4 is 22.8 Å². The molecular formula is C16H17ClN4. The van der Waals surface area contributed by atoms with Crippen LogP contribution in [0.2, 0.25) is 0 Å². The molecule has 0 saturated heterocycles. The smallest absolute Gasteiger partial charge is 0.160 e. The number of aromatic nitrogens is 4. The van der Waals surface area contributed by atoms with Crippen molar-refractivity contribution in [2.75, 3.05) is 5.88 Å². The maximum absolute atomic E-state index is 5.91. The summed E-state index contributed by atoms with van der Waals surface area (Å²) in [5.41, 5.74) is 5.01. The minimum absolute atomic E-state index is 0.545. The molecule has 21 heavy (non-hydrogen) atoms. The summed E-state index contributed by atoms with van der Waals surface area (Å²) >= 11 is 5.91. The van der Waals surface area contributed by atoms with Crippen LogP contribution in [0.5, 0.6) is 0 Å². The van der Waals surface area contributed by atoms with Gasteiger partial charge in [0.1, 0.15) is 11.3 Å². The molecule has 5 heteroatoms. The van der Waals surface area contributed by atoms with Gasteiger partial charge in [0.05, 0.1) is 12.2 Å². The number of halogens is 1. The molecule has 0 aliphatic rings. The predicted molar refractivity (Wildman–Crippen MR) is 84.8 cm³/mol. The maximum Gasteiger partial charge on any atom is 0.160 e. The molecular weight excluding hydrogens is 284 g/mol. The van der Waals surface area contributed by atoms with Gasteiger partial charge in [0.15, 0.2) is 5.65 Å². The Hall–Kier alpha value is -1.94. The molecule has 3 heterocycles. The standard InChI is InChI=1S/C16H17ClN4/c1-11-4-3-9-18-14(11)10-21-15(7-8-17)20-13-6-5-12(2)19-16(13)21/h3-6,9H,7-8,10H2,1-2H3. The minimum Gasteiger partial charge on any atom is -0.307 e. The van der Waals surface area contributed by atoms with Gasteiger partial charge in [-0.3, -0.25) is 4.98 Å². The fourth-order valence-corrected chi connectivity index (χ4v) is 2.59. The van der Waals surface area contributed by atoms with E-state index in [4.69, 9.17) is 11.6 Å².